The minimum atomic E-state index is -0.101. The molecule has 2 aromatic carbocycles. The first-order chi connectivity index (χ1) is 15.0. The smallest absolute Gasteiger partial charge is 0.233 e. The van der Waals surface area contributed by atoms with E-state index in [2.05, 4.69) is 20.2 Å². The highest BCUT2D eigenvalue weighted by Gasteiger charge is 2.21. The zero-order chi connectivity index (χ0) is 21.8. The number of para-hydroxylation sites is 2. The van der Waals surface area contributed by atoms with E-state index in [0.29, 0.717) is 17.6 Å². The monoisotopic (exact) mass is 453 g/mol. The highest BCUT2D eigenvalue weighted by atomic mass is 32.2. The molecule has 4 aromatic rings. The zero-order valence-electron chi connectivity index (χ0n) is 17.5. The maximum Gasteiger partial charge on any atom is 0.233 e. The van der Waals surface area contributed by atoms with Gasteiger partial charge in [-0.3, -0.25) is 9.89 Å². The standard InChI is InChI=1S/C22H23N5O2S2/c1-14-8-4-6-10-17(14)29-12-19-24-22(26-25-19)30-13-20(28)27(3)15(2)21-23-16-9-5-7-11-18(16)31-21/h4-11,15H,12-13H2,1-3H3,(H,24,25,26)/t15-/m0/s1. The fraction of sp³-hybridized carbons (Fsp3) is 0.273. The first-order valence-corrected chi connectivity index (χ1v) is 11.6. The van der Waals surface area contributed by atoms with Crippen molar-refractivity contribution in [3.8, 4) is 5.75 Å². The average Bonchev–Trinajstić information content (AvgIpc) is 3.42. The lowest BCUT2D eigenvalue weighted by atomic mass is 10.2. The Balaban J connectivity index is 1.30. The number of hydrogen-bond donors (Lipinski definition) is 1. The van der Waals surface area contributed by atoms with E-state index in [1.165, 1.54) is 11.8 Å². The molecule has 1 N–H and O–H groups in total. The van der Waals surface area contributed by atoms with Crippen LogP contribution in [0.1, 0.15) is 29.4 Å². The van der Waals surface area contributed by atoms with Crippen molar-refractivity contribution in [1.82, 2.24) is 25.1 Å². The number of amides is 1. The summed E-state index contributed by atoms with van der Waals surface area (Å²) in [5.74, 6) is 1.68. The summed E-state index contributed by atoms with van der Waals surface area (Å²) in [6, 6.07) is 15.7. The summed E-state index contributed by atoms with van der Waals surface area (Å²) in [5, 5.41) is 8.50. The summed E-state index contributed by atoms with van der Waals surface area (Å²) < 4.78 is 6.91. The second-order valence-corrected chi connectivity index (χ2v) is 9.11. The van der Waals surface area contributed by atoms with Gasteiger partial charge in [-0.25, -0.2) is 9.97 Å². The molecule has 1 amide bonds. The lowest BCUT2D eigenvalue weighted by Gasteiger charge is -2.22. The lowest BCUT2D eigenvalue weighted by Crippen LogP contribution is -2.31. The van der Waals surface area contributed by atoms with Crippen molar-refractivity contribution < 1.29 is 9.53 Å². The molecule has 160 valence electrons. The van der Waals surface area contributed by atoms with Crippen LogP contribution < -0.4 is 4.74 Å². The maximum absolute atomic E-state index is 12.7. The number of fused-ring (bicyclic) bond motifs is 1. The molecule has 1 atom stereocenters. The Bertz CT molecular complexity index is 1160. The van der Waals surface area contributed by atoms with Crippen LogP contribution in [-0.2, 0) is 11.4 Å². The van der Waals surface area contributed by atoms with E-state index in [4.69, 9.17) is 4.74 Å². The Morgan fingerprint density at radius 2 is 1.97 bits per heavy atom. The topological polar surface area (TPSA) is 84.0 Å². The van der Waals surface area contributed by atoms with E-state index in [1.54, 1.807) is 23.3 Å². The minimum absolute atomic E-state index is 0.000679. The van der Waals surface area contributed by atoms with E-state index < -0.39 is 0 Å². The summed E-state index contributed by atoms with van der Waals surface area (Å²) in [6.45, 7) is 4.28. The number of carbonyl (C=O) groups excluding carboxylic acids is 1. The molecule has 0 spiro atoms. The van der Waals surface area contributed by atoms with Crippen LogP contribution in [0.25, 0.3) is 10.2 Å². The van der Waals surface area contributed by atoms with Crippen LogP contribution in [-0.4, -0.2) is 43.8 Å². The van der Waals surface area contributed by atoms with Crippen molar-refractivity contribution in [2.45, 2.75) is 31.7 Å². The van der Waals surface area contributed by atoms with Gasteiger partial charge in [0, 0.05) is 7.05 Å². The highest BCUT2D eigenvalue weighted by Crippen LogP contribution is 2.29. The number of nitrogens with one attached hydrogen (secondary N) is 1. The predicted octanol–water partition coefficient (Wildman–Crippen LogP) is 4.61. The van der Waals surface area contributed by atoms with E-state index in [9.17, 15) is 4.79 Å². The molecule has 0 fully saturated rings. The first-order valence-electron chi connectivity index (χ1n) is 9.85. The fourth-order valence-corrected chi connectivity index (χ4v) is 4.75. The molecule has 0 unspecified atom stereocenters. The molecule has 31 heavy (non-hydrogen) atoms. The molecule has 0 bridgehead atoms. The number of aryl methyl sites for hydroxylation is 1. The number of aromatic nitrogens is 4. The summed E-state index contributed by atoms with van der Waals surface area (Å²) in [5.41, 5.74) is 2.03. The number of H-pyrrole nitrogens is 1. The first kappa shape index (κ1) is 21.3. The van der Waals surface area contributed by atoms with Crippen LogP contribution in [0.4, 0.5) is 0 Å². The Kier molecular flexibility index (Phi) is 6.53. The molecule has 4 rings (SSSR count). The molecule has 0 saturated heterocycles. The number of ether oxygens (including phenoxy) is 1. The lowest BCUT2D eigenvalue weighted by molar-refractivity contribution is -0.128. The number of nitrogens with zero attached hydrogens (tertiary/aromatic N) is 4. The van der Waals surface area contributed by atoms with Crippen LogP contribution in [0.15, 0.2) is 53.7 Å². The van der Waals surface area contributed by atoms with Gasteiger partial charge in [0.25, 0.3) is 0 Å². The van der Waals surface area contributed by atoms with Gasteiger partial charge in [-0.2, -0.15) is 0 Å². The Labute approximate surface area is 188 Å². The van der Waals surface area contributed by atoms with Gasteiger partial charge in [-0.05, 0) is 37.6 Å². The largest absolute Gasteiger partial charge is 0.485 e. The number of benzene rings is 2. The van der Waals surface area contributed by atoms with Crippen molar-refractivity contribution in [3.05, 3.63) is 64.9 Å². The number of hydrogen-bond acceptors (Lipinski definition) is 7. The van der Waals surface area contributed by atoms with Gasteiger partial charge in [-0.15, -0.1) is 16.4 Å². The third-order valence-electron chi connectivity index (χ3n) is 4.94. The van der Waals surface area contributed by atoms with Gasteiger partial charge >= 0.3 is 0 Å². The summed E-state index contributed by atoms with van der Waals surface area (Å²) >= 11 is 2.92. The van der Waals surface area contributed by atoms with Crippen LogP contribution in [0, 0.1) is 6.92 Å². The molecule has 0 aliphatic rings. The second kappa shape index (κ2) is 9.49. The fourth-order valence-electron chi connectivity index (χ4n) is 2.95. The van der Waals surface area contributed by atoms with Gasteiger partial charge in [0.1, 0.15) is 17.4 Å². The van der Waals surface area contributed by atoms with Gasteiger partial charge < -0.3 is 9.64 Å². The van der Waals surface area contributed by atoms with Gasteiger partial charge in [0.15, 0.2) is 5.82 Å². The van der Waals surface area contributed by atoms with Gasteiger partial charge in [0.2, 0.25) is 11.1 Å². The summed E-state index contributed by atoms with van der Waals surface area (Å²) in [7, 11) is 1.80. The van der Waals surface area contributed by atoms with E-state index in [1.807, 2.05) is 62.4 Å². The van der Waals surface area contributed by atoms with Crippen LogP contribution >= 0.6 is 23.1 Å². The highest BCUT2D eigenvalue weighted by molar-refractivity contribution is 7.99. The van der Waals surface area contributed by atoms with E-state index in [0.717, 1.165) is 26.5 Å². The molecular formula is C22H23N5O2S2. The second-order valence-electron chi connectivity index (χ2n) is 7.11. The number of carbonyl (C=O) groups is 1. The zero-order valence-corrected chi connectivity index (χ0v) is 19.2. The van der Waals surface area contributed by atoms with Crippen LogP contribution in [0.2, 0.25) is 0 Å². The molecule has 7 nitrogen and oxygen atoms in total. The molecule has 2 heterocycles. The van der Waals surface area contributed by atoms with E-state index >= 15 is 0 Å². The molecule has 0 saturated carbocycles. The molecule has 9 heteroatoms. The number of aromatic amines is 1. The van der Waals surface area contributed by atoms with Crippen molar-refractivity contribution in [2.24, 2.45) is 0 Å². The number of rotatable bonds is 8. The molecule has 0 aliphatic carbocycles. The van der Waals surface area contributed by atoms with Crippen LogP contribution in [0.3, 0.4) is 0 Å². The average molecular weight is 454 g/mol. The summed E-state index contributed by atoms with van der Waals surface area (Å²) in [4.78, 5) is 23.5. The van der Waals surface area contributed by atoms with Crippen molar-refractivity contribution in [1.29, 1.82) is 0 Å². The van der Waals surface area contributed by atoms with E-state index in [-0.39, 0.29) is 17.7 Å². The van der Waals surface area contributed by atoms with Crippen molar-refractivity contribution in [2.75, 3.05) is 12.8 Å². The normalized spacial score (nSPS) is 12.1. The third kappa shape index (κ3) is 5.05. The Morgan fingerprint density at radius 3 is 2.77 bits per heavy atom. The van der Waals surface area contributed by atoms with Crippen molar-refractivity contribution in [3.63, 3.8) is 0 Å². The van der Waals surface area contributed by atoms with Crippen molar-refractivity contribution >= 4 is 39.2 Å². The third-order valence-corrected chi connectivity index (χ3v) is 6.97. The predicted molar refractivity (Wildman–Crippen MR) is 123 cm³/mol. The molecule has 2 aromatic heterocycles. The maximum atomic E-state index is 12.7. The number of thiazole rings is 1. The molecule has 0 aliphatic heterocycles. The summed E-state index contributed by atoms with van der Waals surface area (Å²) in [6.07, 6.45) is 0. The Hall–Kier alpha value is -2.91. The Morgan fingerprint density at radius 1 is 1.19 bits per heavy atom. The number of thioether (sulfide) groups is 1. The molecular weight excluding hydrogens is 430 g/mol. The quantitative estimate of drug-likeness (QED) is 0.392. The molecule has 0 radical (unpaired) electrons. The van der Waals surface area contributed by atoms with Crippen LogP contribution in [0.5, 0.6) is 5.75 Å². The van der Waals surface area contributed by atoms with Gasteiger partial charge in [0.05, 0.1) is 22.0 Å². The minimum Gasteiger partial charge on any atom is -0.485 e. The SMILES string of the molecule is Cc1ccccc1OCc1nc(SCC(=O)N(C)[C@@H](C)c2nc3ccccc3s2)n[nH]1. The van der Waals surface area contributed by atoms with Gasteiger partial charge in [-0.1, -0.05) is 42.1 Å².